The maximum atomic E-state index is 12.3. The van der Waals surface area contributed by atoms with Crippen LogP contribution in [-0.2, 0) is 20.7 Å². The Balaban J connectivity index is 1.87. The lowest BCUT2D eigenvalue weighted by Gasteiger charge is -2.23. The van der Waals surface area contributed by atoms with Crippen molar-refractivity contribution in [2.75, 3.05) is 33.8 Å². The molecule has 0 aliphatic heterocycles. The molecule has 3 rings (SSSR count). The Morgan fingerprint density at radius 2 is 1.59 bits per heavy atom. The Labute approximate surface area is 215 Å². The molecule has 1 aromatic heterocycles. The van der Waals surface area contributed by atoms with Gasteiger partial charge >= 0.3 is 12.1 Å². The molecule has 37 heavy (non-hydrogen) atoms. The molecule has 1 unspecified atom stereocenters. The molecule has 0 aliphatic rings. The molecular formula is C26H32N4O7. The molecule has 1 atom stereocenters. The normalized spacial score (nSPS) is 11.9. The van der Waals surface area contributed by atoms with Gasteiger partial charge in [-0.15, -0.1) is 0 Å². The number of aromatic nitrogens is 2. The number of amides is 1. The molecule has 11 nitrogen and oxygen atoms in total. The highest BCUT2D eigenvalue weighted by atomic mass is 16.6. The summed E-state index contributed by atoms with van der Waals surface area (Å²) in [6, 6.07) is 7.99. The van der Waals surface area contributed by atoms with Gasteiger partial charge in [0.05, 0.1) is 39.6 Å². The number of anilines is 2. The molecule has 0 saturated carbocycles. The fourth-order valence-electron chi connectivity index (χ4n) is 3.60. The lowest BCUT2D eigenvalue weighted by Crippen LogP contribution is -2.45. The fourth-order valence-corrected chi connectivity index (χ4v) is 3.60. The van der Waals surface area contributed by atoms with Crippen LogP contribution in [-0.4, -0.2) is 62.1 Å². The first kappa shape index (κ1) is 27.3. The van der Waals surface area contributed by atoms with E-state index in [1.54, 1.807) is 59.3 Å². The summed E-state index contributed by atoms with van der Waals surface area (Å²) in [4.78, 5) is 33.3. The molecule has 0 spiro atoms. The molecule has 1 heterocycles. The van der Waals surface area contributed by atoms with Crippen LogP contribution in [0.4, 0.5) is 16.3 Å². The maximum Gasteiger partial charge on any atom is 0.408 e. The first-order chi connectivity index (χ1) is 17.6. The van der Waals surface area contributed by atoms with E-state index in [9.17, 15) is 9.59 Å². The molecule has 1 amide bonds. The summed E-state index contributed by atoms with van der Waals surface area (Å²) in [6.45, 7) is 5.22. The average Bonchev–Trinajstić information content (AvgIpc) is 2.86. The van der Waals surface area contributed by atoms with Gasteiger partial charge < -0.3 is 34.3 Å². The number of methoxy groups -OCH3 is 4. The van der Waals surface area contributed by atoms with Crippen LogP contribution in [0.3, 0.4) is 0 Å². The van der Waals surface area contributed by atoms with Crippen LogP contribution in [0.25, 0.3) is 10.9 Å². The lowest BCUT2D eigenvalue weighted by molar-refractivity contribution is -0.143. The summed E-state index contributed by atoms with van der Waals surface area (Å²) >= 11 is 0. The Bertz CT molecular complexity index is 1270. The third kappa shape index (κ3) is 6.90. The Morgan fingerprint density at radius 1 is 0.919 bits per heavy atom. The zero-order valence-corrected chi connectivity index (χ0v) is 22.0. The van der Waals surface area contributed by atoms with E-state index >= 15 is 0 Å². The number of benzene rings is 2. The zero-order valence-electron chi connectivity index (χ0n) is 22.0. The van der Waals surface area contributed by atoms with Crippen LogP contribution in [0.2, 0.25) is 0 Å². The number of hydrogen-bond acceptors (Lipinski definition) is 10. The number of hydrogen-bond donors (Lipinski definition) is 2. The SMILES string of the molecule is COC(=O)C(Cc1ccc(Nc2ncnc3cc(OC)c(OC)cc23)c(OC)c1)NC(=O)OC(C)(C)C. The van der Waals surface area contributed by atoms with E-state index in [4.69, 9.17) is 23.7 Å². The first-order valence-electron chi connectivity index (χ1n) is 11.5. The molecule has 0 saturated heterocycles. The van der Waals surface area contributed by atoms with Crippen molar-refractivity contribution in [2.45, 2.75) is 38.8 Å². The minimum Gasteiger partial charge on any atom is -0.495 e. The minimum absolute atomic E-state index is 0.163. The number of nitrogens with one attached hydrogen (secondary N) is 2. The van der Waals surface area contributed by atoms with Gasteiger partial charge in [0.25, 0.3) is 0 Å². The molecule has 0 fully saturated rings. The molecule has 0 radical (unpaired) electrons. The van der Waals surface area contributed by atoms with Crippen LogP contribution < -0.4 is 24.8 Å². The van der Waals surface area contributed by atoms with Crippen molar-refractivity contribution in [1.82, 2.24) is 15.3 Å². The van der Waals surface area contributed by atoms with Gasteiger partial charge in [-0.3, -0.25) is 0 Å². The lowest BCUT2D eigenvalue weighted by atomic mass is 10.0. The van der Waals surface area contributed by atoms with E-state index < -0.39 is 23.7 Å². The Hall–Kier alpha value is -4.28. The van der Waals surface area contributed by atoms with E-state index in [2.05, 4.69) is 20.6 Å². The number of carbonyl (C=O) groups is 2. The van der Waals surface area contributed by atoms with Crippen LogP contribution in [0, 0.1) is 0 Å². The molecular weight excluding hydrogens is 480 g/mol. The summed E-state index contributed by atoms with van der Waals surface area (Å²) in [5.41, 5.74) is 1.32. The van der Waals surface area contributed by atoms with Crippen molar-refractivity contribution >= 4 is 34.5 Å². The van der Waals surface area contributed by atoms with E-state index in [1.165, 1.54) is 20.5 Å². The summed E-state index contributed by atoms with van der Waals surface area (Å²) in [6.07, 6.45) is 0.896. The number of carbonyl (C=O) groups excluding carboxylic acids is 2. The van der Waals surface area contributed by atoms with Gasteiger partial charge in [0.2, 0.25) is 0 Å². The second kappa shape index (κ2) is 11.6. The zero-order chi connectivity index (χ0) is 27.2. The van der Waals surface area contributed by atoms with E-state index in [1.807, 2.05) is 6.07 Å². The second-order valence-corrected chi connectivity index (χ2v) is 9.03. The van der Waals surface area contributed by atoms with Crippen LogP contribution in [0.15, 0.2) is 36.7 Å². The summed E-state index contributed by atoms with van der Waals surface area (Å²) in [5.74, 6) is 1.55. The van der Waals surface area contributed by atoms with Gasteiger partial charge in [-0.25, -0.2) is 19.6 Å². The summed E-state index contributed by atoms with van der Waals surface area (Å²) < 4.78 is 26.5. The predicted molar refractivity (Wildman–Crippen MR) is 138 cm³/mol. The average molecular weight is 513 g/mol. The topological polar surface area (TPSA) is 130 Å². The maximum absolute atomic E-state index is 12.3. The van der Waals surface area contributed by atoms with Crippen LogP contribution in [0.5, 0.6) is 17.2 Å². The number of alkyl carbamates (subject to hydrolysis) is 1. The predicted octanol–water partition coefficient (Wildman–Crippen LogP) is 4.01. The molecule has 2 N–H and O–H groups in total. The molecule has 3 aromatic rings. The van der Waals surface area contributed by atoms with E-state index in [0.717, 1.165) is 10.9 Å². The van der Waals surface area contributed by atoms with Crippen molar-refractivity contribution in [3.05, 3.63) is 42.2 Å². The largest absolute Gasteiger partial charge is 0.495 e. The van der Waals surface area contributed by atoms with Crippen molar-refractivity contribution < 1.29 is 33.3 Å². The first-order valence-corrected chi connectivity index (χ1v) is 11.5. The summed E-state index contributed by atoms with van der Waals surface area (Å²) in [5, 5.41) is 6.57. The van der Waals surface area contributed by atoms with Crippen LogP contribution in [0.1, 0.15) is 26.3 Å². The van der Waals surface area contributed by atoms with Gasteiger partial charge in [0.1, 0.15) is 29.5 Å². The monoisotopic (exact) mass is 512 g/mol. The van der Waals surface area contributed by atoms with Crippen molar-refractivity contribution in [1.29, 1.82) is 0 Å². The van der Waals surface area contributed by atoms with Crippen molar-refractivity contribution in [2.24, 2.45) is 0 Å². The standard InChI is InChI=1S/C26H32N4O7/c1-26(2,3)37-25(32)30-19(24(31)36-7)10-15-8-9-17(20(11-15)33-4)29-23-16-12-21(34-5)22(35-6)13-18(16)27-14-28-23/h8-9,11-14,19H,10H2,1-7H3,(H,30,32)(H,27,28,29). The van der Waals surface area contributed by atoms with Gasteiger partial charge in [-0.1, -0.05) is 6.07 Å². The van der Waals surface area contributed by atoms with Gasteiger partial charge in [-0.05, 0) is 44.5 Å². The molecule has 0 aliphatic carbocycles. The van der Waals surface area contributed by atoms with Gasteiger partial charge in [-0.2, -0.15) is 0 Å². The number of fused-ring (bicyclic) bond motifs is 1. The van der Waals surface area contributed by atoms with E-state index in [0.29, 0.717) is 34.3 Å². The molecule has 2 aromatic carbocycles. The molecule has 11 heteroatoms. The van der Waals surface area contributed by atoms with Crippen LogP contribution >= 0.6 is 0 Å². The highest BCUT2D eigenvalue weighted by molar-refractivity contribution is 5.93. The fraction of sp³-hybridized carbons (Fsp3) is 0.385. The quantitative estimate of drug-likeness (QED) is 0.406. The van der Waals surface area contributed by atoms with Gasteiger partial charge in [0.15, 0.2) is 11.5 Å². The minimum atomic E-state index is -0.948. The second-order valence-electron chi connectivity index (χ2n) is 9.03. The number of ether oxygens (including phenoxy) is 5. The number of esters is 1. The highest BCUT2D eigenvalue weighted by Gasteiger charge is 2.26. The highest BCUT2D eigenvalue weighted by Crippen LogP contribution is 2.36. The summed E-state index contributed by atoms with van der Waals surface area (Å²) in [7, 11) is 5.91. The molecule has 0 bridgehead atoms. The Morgan fingerprint density at radius 3 is 2.22 bits per heavy atom. The molecule has 198 valence electrons. The third-order valence-corrected chi connectivity index (χ3v) is 5.28. The van der Waals surface area contributed by atoms with Crippen molar-refractivity contribution in [3.63, 3.8) is 0 Å². The van der Waals surface area contributed by atoms with Gasteiger partial charge in [0, 0.05) is 17.9 Å². The number of rotatable bonds is 9. The third-order valence-electron chi connectivity index (χ3n) is 5.28. The Kier molecular flexibility index (Phi) is 8.59. The van der Waals surface area contributed by atoms with Crippen molar-refractivity contribution in [3.8, 4) is 17.2 Å². The van der Waals surface area contributed by atoms with E-state index in [-0.39, 0.29) is 6.42 Å². The smallest absolute Gasteiger partial charge is 0.408 e. The number of nitrogens with zero attached hydrogens (tertiary/aromatic N) is 2.